The molecule has 0 aliphatic heterocycles. The molecule has 5 rings (SSSR count). The van der Waals surface area contributed by atoms with E-state index < -0.39 is 18.5 Å². The van der Waals surface area contributed by atoms with Crippen LogP contribution in [0.1, 0.15) is 11.4 Å². The van der Waals surface area contributed by atoms with E-state index >= 15 is 0 Å². The van der Waals surface area contributed by atoms with Gasteiger partial charge in [0, 0.05) is 16.3 Å². The van der Waals surface area contributed by atoms with Gasteiger partial charge >= 0.3 is 6.18 Å². The van der Waals surface area contributed by atoms with Crippen LogP contribution in [0.25, 0.3) is 32.2 Å². The minimum Gasteiger partial charge on any atom is -0.390 e. The van der Waals surface area contributed by atoms with Gasteiger partial charge in [0.2, 0.25) is 5.13 Å². The van der Waals surface area contributed by atoms with E-state index in [0.717, 1.165) is 27.6 Å². The van der Waals surface area contributed by atoms with Crippen LogP contribution in [0.4, 0.5) is 24.0 Å². The molecule has 8 nitrogen and oxygen atoms in total. The van der Waals surface area contributed by atoms with Crippen LogP contribution < -0.4 is 5.32 Å². The molecule has 0 radical (unpaired) electrons. The molecular weight excluding hydrogens is 499 g/mol. The van der Waals surface area contributed by atoms with Crippen molar-refractivity contribution in [2.45, 2.75) is 12.8 Å². The molecule has 33 heavy (non-hydrogen) atoms. The summed E-state index contributed by atoms with van der Waals surface area (Å²) in [6.45, 7) is -0.400. The van der Waals surface area contributed by atoms with Gasteiger partial charge in [-0.1, -0.05) is 22.9 Å². The minimum absolute atomic E-state index is 0.0851. The van der Waals surface area contributed by atoms with E-state index in [1.54, 1.807) is 24.4 Å². The van der Waals surface area contributed by atoms with Gasteiger partial charge in [0.05, 0.1) is 40.4 Å². The third kappa shape index (κ3) is 4.27. The Morgan fingerprint density at radius 2 is 1.97 bits per heavy atom. The second-order valence-electron chi connectivity index (χ2n) is 6.72. The maximum absolute atomic E-state index is 12.9. The lowest BCUT2D eigenvalue weighted by molar-refractivity contribution is -0.140. The minimum atomic E-state index is -4.55. The zero-order valence-corrected chi connectivity index (χ0v) is 18.6. The molecule has 0 bridgehead atoms. The van der Waals surface area contributed by atoms with Gasteiger partial charge in [0.25, 0.3) is 0 Å². The van der Waals surface area contributed by atoms with E-state index in [0.29, 0.717) is 26.4 Å². The standard InChI is InChI=1S/C19H11ClF3N7OS2/c20-15-10-5-24-28-11(10)1-2-12(15)26-18-30-29-16(33-18)8-3-9(6-31)25-13(4-8)17-27-14(7-32-17)19(21,22)23/h1-5,7,31H,6H2,(H,24,28)(H,26,30). The lowest BCUT2D eigenvalue weighted by Crippen LogP contribution is -2.05. The average Bonchev–Trinajstić information content (AvgIpc) is 3.55. The number of thiazole rings is 1. The van der Waals surface area contributed by atoms with E-state index in [9.17, 15) is 18.3 Å². The first-order chi connectivity index (χ1) is 15.8. The molecule has 0 unspecified atom stereocenters. The van der Waals surface area contributed by atoms with Crippen molar-refractivity contribution in [2.75, 3.05) is 5.32 Å². The number of aliphatic hydroxyl groups is 1. The Bertz CT molecular complexity index is 1460. The number of nitrogens with one attached hydrogen (secondary N) is 2. The molecule has 168 valence electrons. The number of aromatic nitrogens is 6. The third-order valence-corrected chi connectivity index (χ3v) is 6.69. The molecule has 1 aromatic carbocycles. The maximum atomic E-state index is 12.9. The highest BCUT2D eigenvalue weighted by Gasteiger charge is 2.34. The molecular formula is C19H11ClF3N7OS2. The SMILES string of the molecule is OCc1cc(-c2nnc(Nc3ccc4[nH]ncc4c3Cl)s2)cc(-c2nc(C(F)(F)F)cs2)n1. The molecule has 5 aromatic rings. The summed E-state index contributed by atoms with van der Waals surface area (Å²) in [5, 5.41) is 30.9. The van der Waals surface area contributed by atoms with Crippen molar-refractivity contribution >= 4 is 56.0 Å². The molecule has 0 fully saturated rings. The number of fused-ring (bicyclic) bond motifs is 1. The van der Waals surface area contributed by atoms with Crippen LogP contribution in [0.2, 0.25) is 5.02 Å². The zero-order valence-electron chi connectivity index (χ0n) is 16.2. The summed E-state index contributed by atoms with van der Waals surface area (Å²) in [5.74, 6) is 0. The quantitative estimate of drug-likeness (QED) is 0.286. The van der Waals surface area contributed by atoms with Crippen molar-refractivity contribution in [1.29, 1.82) is 0 Å². The summed E-state index contributed by atoms with van der Waals surface area (Å²) >= 11 is 8.46. The lowest BCUT2D eigenvalue weighted by Gasteiger charge is -2.05. The first-order valence-corrected chi connectivity index (χ1v) is 11.3. The van der Waals surface area contributed by atoms with Crippen molar-refractivity contribution in [1.82, 2.24) is 30.4 Å². The van der Waals surface area contributed by atoms with Gasteiger partial charge in [-0.25, -0.2) is 9.97 Å². The van der Waals surface area contributed by atoms with Crippen LogP contribution in [0.3, 0.4) is 0 Å². The van der Waals surface area contributed by atoms with Crippen molar-refractivity contribution < 1.29 is 18.3 Å². The number of hydrogen-bond acceptors (Lipinski definition) is 9. The monoisotopic (exact) mass is 509 g/mol. The number of anilines is 2. The summed E-state index contributed by atoms with van der Waals surface area (Å²) < 4.78 is 38.8. The second kappa shape index (κ2) is 8.33. The molecule has 14 heteroatoms. The van der Waals surface area contributed by atoms with Crippen LogP contribution in [-0.2, 0) is 12.8 Å². The summed E-state index contributed by atoms with van der Waals surface area (Å²) in [5.41, 5.74) is 1.42. The molecule has 0 saturated heterocycles. The summed E-state index contributed by atoms with van der Waals surface area (Å²) in [4.78, 5) is 7.83. The van der Waals surface area contributed by atoms with Gasteiger partial charge in [-0.3, -0.25) is 5.10 Å². The Morgan fingerprint density at radius 3 is 2.73 bits per heavy atom. The Morgan fingerprint density at radius 1 is 1.12 bits per heavy atom. The summed E-state index contributed by atoms with van der Waals surface area (Å²) in [6, 6.07) is 6.76. The third-order valence-electron chi connectivity index (χ3n) is 4.53. The van der Waals surface area contributed by atoms with Crippen molar-refractivity contribution in [3.63, 3.8) is 0 Å². The van der Waals surface area contributed by atoms with E-state index in [4.69, 9.17) is 11.6 Å². The van der Waals surface area contributed by atoms with Crippen molar-refractivity contribution in [3.05, 3.63) is 52.3 Å². The maximum Gasteiger partial charge on any atom is 0.434 e. The van der Waals surface area contributed by atoms with Gasteiger partial charge in [0.1, 0.15) is 10.0 Å². The van der Waals surface area contributed by atoms with Gasteiger partial charge in [-0.2, -0.15) is 18.3 Å². The predicted octanol–water partition coefficient (Wildman–Crippen LogP) is 5.51. The highest BCUT2D eigenvalue weighted by atomic mass is 35.5. The number of benzene rings is 1. The Balaban J connectivity index is 1.46. The highest BCUT2D eigenvalue weighted by Crippen LogP contribution is 2.37. The van der Waals surface area contributed by atoms with Crippen LogP contribution in [-0.4, -0.2) is 35.5 Å². The smallest absolute Gasteiger partial charge is 0.390 e. The summed E-state index contributed by atoms with van der Waals surface area (Å²) in [6.07, 6.45) is -2.93. The molecule has 0 amide bonds. The Kier molecular flexibility index (Phi) is 5.48. The number of alkyl halides is 3. The average molecular weight is 510 g/mol. The van der Waals surface area contributed by atoms with Crippen LogP contribution >= 0.6 is 34.3 Å². The first kappa shape index (κ1) is 21.7. The fourth-order valence-corrected chi connectivity index (χ4v) is 4.80. The Labute approximate surface area is 196 Å². The van der Waals surface area contributed by atoms with Gasteiger partial charge in [-0.05, 0) is 24.3 Å². The van der Waals surface area contributed by atoms with E-state index in [-0.39, 0.29) is 16.4 Å². The second-order valence-corrected chi connectivity index (χ2v) is 8.94. The zero-order chi connectivity index (χ0) is 23.2. The van der Waals surface area contributed by atoms with Crippen molar-refractivity contribution in [2.24, 2.45) is 0 Å². The number of pyridine rings is 1. The van der Waals surface area contributed by atoms with Gasteiger partial charge in [0.15, 0.2) is 5.69 Å². The fraction of sp³-hybridized carbons (Fsp3) is 0.105. The van der Waals surface area contributed by atoms with E-state index in [1.165, 1.54) is 11.3 Å². The number of aromatic amines is 1. The number of nitrogens with zero attached hydrogens (tertiary/aromatic N) is 5. The lowest BCUT2D eigenvalue weighted by atomic mass is 10.2. The highest BCUT2D eigenvalue weighted by molar-refractivity contribution is 7.18. The molecule has 0 spiro atoms. The van der Waals surface area contributed by atoms with Crippen LogP contribution in [0.5, 0.6) is 0 Å². The molecule has 4 aromatic heterocycles. The normalized spacial score (nSPS) is 11.9. The molecule has 0 saturated carbocycles. The summed E-state index contributed by atoms with van der Waals surface area (Å²) in [7, 11) is 0. The largest absolute Gasteiger partial charge is 0.434 e. The number of H-pyrrole nitrogens is 1. The molecule has 0 atom stereocenters. The number of rotatable bonds is 5. The number of hydrogen-bond donors (Lipinski definition) is 3. The topological polar surface area (TPSA) is 113 Å². The Hall–Kier alpha value is -3.13. The number of aliphatic hydroxyl groups excluding tert-OH is 1. The van der Waals surface area contributed by atoms with Crippen LogP contribution in [0, 0.1) is 0 Å². The van der Waals surface area contributed by atoms with Gasteiger partial charge < -0.3 is 10.4 Å². The first-order valence-electron chi connectivity index (χ1n) is 9.19. The van der Waals surface area contributed by atoms with Crippen LogP contribution in [0.15, 0.2) is 35.8 Å². The number of halogens is 4. The molecule has 0 aliphatic carbocycles. The van der Waals surface area contributed by atoms with E-state index in [2.05, 4.69) is 35.7 Å². The molecule has 4 heterocycles. The van der Waals surface area contributed by atoms with Crippen molar-refractivity contribution in [3.8, 4) is 21.3 Å². The molecule has 3 N–H and O–H groups in total. The van der Waals surface area contributed by atoms with E-state index in [1.807, 2.05) is 6.07 Å². The predicted molar refractivity (Wildman–Crippen MR) is 120 cm³/mol. The fourth-order valence-electron chi connectivity index (χ4n) is 3.01. The molecule has 0 aliphatic rings. The van der Waals surface area contributed by atoms with Gasteiger partial charge in [-0.15, -0.1) is 21.5 Å².